The standard InChI is InChI=1S/C20H23NO4/c1-3-10-24-19(23)16-15-8-9-20(25-15)12-21(18(22)17(16)20)11-14-6-4-13(2)5-7-14/h4-9,15-17H,3,10-12H2,1-2H3/t15-,16+,17+,20+/m1/s1. The molecule has 1 spiro atoms. The summed E-state index contributed by atoms with van der Waals surface area (Å²) in [6.07, 6.45) is 4.32. The van der Waals surface area contributed by atoms with Crippen molar-refractivity contribution >= 4 is 11.9 Å². The zero-order valence-electron chi connectivity index (χ0n) is 14.6. The fourth-order valence-electron chi connectivity index (χ4n) is 4.19. The van der Waals surface area contributed by atoms with Crippen LogP contribution in [0.25, 0.3) is 0 Å². The van der Waals surface area contributed by atoms with Gasteiger partial charge in [0.15, 0.2) is 0 Å². The normalized spacial score (nSPS) is 32.3. The molecule has 2 bridgehead atoms. The summed E-state index contributed by atoms with van der Waals surface area (Å²) in [5.74, 6) is -1.30. The molecule has 4 atom stereocenters. The van der Waals surface area contributed by atoms with E-state index in [1.165, 1.54) is 5.56 Å². The average molecular weight is 341 g/mol. The molecule has 25 heavy (non-hydrogen) atoms. The van der Waals surface area contributed by atoms with Crippen molar-refractivity contribution in [1.29, 1.82) is 0 Å². The first-order chi connectivity index (χ1) is 12.0. The number of carbonyl (C=O) groups excluding carboxylic acids is 2. The Bertz CT molecular complexity index is 726. The lowest BCUT2D eigenvalue weighted by atomic mass is 9.77. The molecule has 1 aromatic carbocycles. The molecule has 0 N–H and O–H groups in total. The zero-order valence-corrected chi connectivity index (χ0v) is 14.6. The van der Waals surface area contributed by atoms with Crippen LogP contribution in [0.1, 0.15) is 24.5 Å². The third-order valence-electron chi connectivity index (χ3n) is 5.39. The maximum absolute atomic E-state index is 13.0. The number of amides is 1. The van der Waals surface area contributed by atoms with Crippen LogP contribution in [0.5, 0.6) is 0 Å². The predicted octanol–water partition coefficient (Wildman–Crippen LogP) is 2.23. The first-order valence-electron chi connectivity index (χ1n) is 8.92. The number of hydrogen-bond acceptors (Lipinski definition) is 4. The van der Waals surface area contributed by atoms with Crippen LogP contribution in [-0.4, -0.2) is 41.6 Å². The summed E-state index contributed by atoms with van der Waals surface area (Å²) in [7, 11) is 0. The Morgan fingerprint density at radius 3 is 2.84 bits per heavy atom. The molecule has 5 heteroatoms. The molecule has 0 aliphatic carbocycles. The Balaban J connectivity index is 1.55. The van der Waals surface area contributed by atoms with Crippen LogP contribution in [0.15, 0.2) is 36.4 Å². The number of likely N-dealkylation sites (tertiary alicyclic amines) is 1. The summed E-state index contributed by atoms with van der Waals surface area (Å²) in [4.78, 5) is 27.3. The van der Waals surface area contributed by atoms with Crippen LogP contribution in [0.2, 0.25) is 0 Å². The van der Waals surface area contributed by atoms with Crippen LogP contribution in [0, 0.1) is 18.8 Å². The van der Waals surface area contributed by atoms with E-state index in [0.717, 1.165) is 12.0 Å². The summed E-state index contributed by atoms with van der Waals surface area (Å²) in [6.45, 7) is 5.41. The van der Waals surface area contributed by atoms with E-state index in [9.17, 15) is 9.59 Å². The predicted molar refractivity (Wildman–Crippen MR) is 91.6 cm³/mol. The lowest BCUT2D eigenvalue weighted by Gasteiger charge is -2.22. The van der Waals surface area contributed by atoms with Crippen molar-refractivity contribution in [2.45, 2.75) is 38.5 Å². The van der Waals surface area contributed by atoms with Gasteiger partial charge in [0, 0.05) is 6.54 Å². The molecule has 2 saturated heterocycles. The van der Waals surface area contributed by atoms with Gasteiger partial charge in [-0.15, -0.1) is 0 Å². The second-order valence-electron chi connectivity index (χ2n) is 7.25. The van der Waals surface area contributed by atoms with E-state index in [0.29, 0.717) is 19.7 Å². The monoisotopic (exact) mass is 341 g/mol. The van der Waals surface area contributed by atoms with Crippen LogP contribution in [-0.2, 0) is 25.6 Å². The van der Waals surface area contributed by atoms with Gasteiger partial charge in [0.1, 0.15) is 11.5 Å². The first-order valence-corrected chi connectivity index (χ1v) is 8.92. The molecule has 3 heterocycles. The summed E-state index contributed by atoms with van der Waals surface area (Å²) >= 11 is 0. The molecule has 0 unspecified atom stereocenters. The van der Waals surface area contributed by atoms with E-state index in [2.05, 4.69) is 0 Å². The van der Waals surface area contributed by atoms with Crippen molar-refractivity contribution in [3.8, 4) is 0 Å². The van der Waals surface area contributed by atoms with E-state index in [-0.39, 0.29) is 18.0 Å². The molecule has 5 nitrogen and oxygen atoms in total. The largest absolute Gasteiger partial charge is 0.465 e. The van der Waals surface area contributed by atoms with E-state index in [1.54, 1.807) is 4.90 Å². The van der Waals surface area contributed by atoms with Gasteiger partial charge >= 0.3 is 5.97 Å². The van der Waals surface area contributed by atoms with E-state index in [1.807, 2.05) is 50.3 Å². The molecule has 4 rings (SSSR count). The second-order valence-corrected chi connectivity index (χ2v) is 7.25. The van der Waals surface area contributed by atoms with Crippen molar-refractivity contribution in [3.05, 3.63) is 47.5 Å². The number of nitrogens with zero attached hydrogens (tertiary/aromatic N) is 1. The summed E-state index contributed by atoms with van der Waals surface area (Å²) < 4.78 is 11.4. The molecule has 1 aromatic rings. The van der Waals surface area contributed by atoms with Gasteiger partial charge in [0.2, 0.25) is 5.91 Å². The topological polar surface area (TPSA) is 55.8 Å². The fourth-order valence-corrected chi connectivity index (χ4v) is 4.19. The third-order valence-corrected chi connectivity index (χ3v) is 5.39. The minimum absolute atomic E-state index is 0.00845. The summed E-state index contributed by atoms with van der Waals surface area (Å²) in [5, 5.41) is 0. The lowest BCUT2D eigenvalue weighted by Crippen LogP contribution is -2.40. The Morgan fingerprint density at radius 2 is 2.12 bits per heavy atom. The van der Waals surface area contributed by atoms with E-state index in [4.69, 9.17) is 9.47 Å². The Kier molecular flexibility index (Phi) is 3.91. The highest BCUT2D eigenvalue weighted by Gasteiger charge is 2.67. The quantitative estimate of drug-likeness (QED) is 0.609. The van der Waals surface area contributed by atoms with Crippen molar-refractivity contribution in [1.82, 2.24) is 4.90 Å². The van der Waals surface area contributed by atoms with Gasteiger partial charge in [-0.25, -0.2) is 0 Å². The van der Waals surface area contributed by atoms with Gasteiger partial charge in [0.25, 0.3) is 0 Å². The number of rotatable bonds is 5. The smallest absolute Gasteiger partial charge is 0.312 e. The first kappa shape index (κ1) is 16.3. The van der Waals surface area contributed by atoms with E-state index < -0.39 is 17.4 Å². The number of hydrogen-bond donors (Lipinski definition) is 0. The van der Waals surface area contributed by atoms with Crippen molar-refractivity contribution in [2.24, 2.45) is 11.8 Å². The molecule has 3 aliphatic rings. The highest BCUT2D eigenvalue weighted by atomic mass is 16.6. The van der Waals surface area contributed by atoms with Crippen LogP contribution in [0.4, 0.5) is 0 Å². The number of ether oxygens (including phenoxy) is 2. The van der Waals surface area contributed by atoms with Crippen LogP contribution in [0.3, 0.4) is 0 Å². The second kappa shape index (κ2) is 5.99. The highest BCUT2D eigenvalue weighted by Crippen LogP contribution is 2.52. The lowest BCUT2D eigenvalue weighted by molar-refractivity contribution is -0.153. The average Bonchev–Trinajstić information content (AvgIpc) is 3.23. The van der Waals surface area contributed by atoms with E-state index >= 15 is 0 Å². The van der Waals surface area contributed by atoms with Crippen molar-refractivity contribution in [2.75, 3.05) is 13.2 Å². The number of benzene rings is 1. The highest BCUT2D eigenvalue weighted by molar-refractivity contribution is 5.91. The third kappa shape index (κ3) is 2.58. The maximum Gasteiger partial charge on any atom is 0.312 e. The maximum atomic E-state index is 13.0. The molecule has 132 valence electrons. The van der Waals surface area contributed by atoms with Gasteiger partial charge in [-0.2, -0.15) is 0 Å². The molecule has 0 aromatic heterocycles. The van der Waals surface area contributed by atoms with Gasteiger partial charge in [0.05, 0.1) is 25.2 Å². The Hall–Kier alpha value is -2.14. The minimum atomic E-state index is -0.664. The summed E-state index contributed by atoms with van der Waals surface area (Å²) in [6, 6.07) is 8.16. The molecular weight excluding hydrogens is 318 g/mol. The fraction of sp³-hybridized carbons (Fsp3) is 0.500. The summed E-state index contributed by atoms with van der Waals surface area (Å²) in [5.41, 5.74) is 1.61. The number of fused-ring (bicyclic) bond motifs is 1. The Labute approximate surface area is 147 Å². The van der Waals surface area contributed by atoms with Crippen molar-refractivity contribution < 1.29 is 19.1 Å². The minimum Gasteiger partial charge on any atom is -0.465 e. The SMILES string of the molecule is CCCOC(=O)[C@@H]1[C@H]2C(=O)N(Cc3ccc(C)cc3)C[C@@]23C=C[C@H]1O3. The van der Waals surface area contributed by atoms with Gasteiger partial charge in [-0.1, -0.05) is 48.9 Å². The van der Waals surface area contributed by atoms with Crippen LogP contribution < -0.4 is 0 Å². The zero-order chi connectivity index (χ0) is 17.6. The van der Waals surface area contributed by atoms with Gasteiger partial charge in [-0.05, 0) is 18.9 Å². The number of esters is 1. The van der Waals surface area contributed by atoms with Gasteiger partial charge < -0.3 is 14.4 Å². The molecule has 3 aliphatic heterocycles. The molecule has 2 fully saturated rings. The molecular formula is C20H23NO4. The molecule has 0 saturated carbocycles. The number of aryl methyl sites for hydroxylation is 1. The van der Waals surface area contributed by atoms with Gasteiger partial charge in [-0.3, -0.25) is 9.59 Å². The van der Waals surface area contributed by atoms with Crippen LogP contribution >= 0.6 is 0 Å². The Morgan fingerprint density at radius 1 is 1.36 bits per heavy atom. The van der Waals surface area contributed by atoms with Crippen molar-refractivity contribution in [3.63, 3.8) is 0 Å². The number of carbonyl (C=O) groups is 2. The molecule has 1 amide bonds. The molecule has 0 radical (unpaired) electrons.